The minimum atomic E-state index is -0.614. The summed E-state index contributed by atoms with van der Waals surface area (Å²) in [5.41, 5.74) is 1.84. The number of hydrogen-bond donors (Lipinski definition) is 1. The van der Waals surface area contributed by atoms with Crippen molar-refractivity contribution in [2.45, 2.75) is 52.2 Å². The van der Waals surface area contributed by atoms with Crippen LogP contribution in [0.2, 0.25) is 10.0 Å². The largest absolute Gasteiger partial charge is 0.352 e. The van der Waals surface area contributed by atoms with E-state index >= 15 is 0 Å². The molecule has 28 heavy (non-hydrogen) atoms. The van der Waals surface area contributed by atoms with Crippen LogP contribution in [0.1, 0.15) is 38.3 Å². The minimum Gasteiger partial charge on any atom is -0.352 e. The highest BCUT2D eigenvalue weighted by Crippen LogP contribution is 2.23. The average Bonchev–Trinajstić information content (AvgIpc) is 2.65. The predicted molar refractivity (Wildman–Crippen MR) is 115 cm³/mol. The van der Waals surface area contributed by atoms with Crippen LogP contribution in [0, 0.1) is 0 Å². The third kappa shape index (κ3) is 6.54. The molecule has 0 bridgehead atoms. The van der Waals surface area contributed by atoms with Crippen molar-refractivity contribution in [1.82, 2.24) is 10.2 Å². The van der Waals surface area contributed by atoms with Crippen molar-refractivity contribution in [3.63, 3.8) is 0 Å². The molecule has 6 heteroatoms. The van der Waals surface area contributed by atoms with Gasteiger partial charge in [-0.3, -0.25) is 9.59 Å². The molecule has 2 aromatic rings. The number of benzene rings is 2. The van der Waals surface area contributed by atoms with Gasteiger partial charge in [-0.25, -0.2) is 0 Å². The van der Waals surface area contributed by atoms with E-state index in [0.717, 1.165) is 11.1 Å². The van der Waals surface area contributed by atoms with E-state index in [1.54, 1.807) is 30.0 Å². The van der Waals surface area contributed by atoms with E-state index in [9.17, 15) is 9.59 Å². The Labute approximate surface area is 176 Å². The maximum Gasteiger partial charge on any atom is 0.242 e. The van der Waals surface area contributed by atoms with E-state index in [4.69, 9.17) is 23.2 Å². The summed E-state index contributed by atoms with van der Waals surface area (Å²) < 4.78 is 0. The maximum absolute atomic E-state index is 13.0. The highest BCUT2D eigenvalue weighted by Gasteiger charge is 2.26. The van der Waals surface area contributed by atoms with Gasteiger partial charge in [0.2, 0.25) is 11.8 Å². The van der Waals surface area contributed by atoms with Gasteiger partial charge >= 0.3 is 0 Å². The van der Waals surface area contributed by atoms with Gasteiger partial charge in [0.05, 0.1) is 0 Å². The quantitative estimate of drug-likeness (QED) is 0.661. The van der Waals surface area contributed by atoms with Crippen LogP contribution in [0.15, 0.2) is 48.5 Å². The molecule has 1 N–H and O–H groups in total. The summed E-state index contributed by atoms with van der Waals surface area (Å²) in [5.74, 6) is -0.283. The molecule has 0 fully saturated rings. The Balaban J connectivity index is 2.18. The van der Waals surface area contributed by atoms with Crippen molar-refractivity contribution in [2.24, 2.45) is 0 Å². The highest BCUT2D eigenvalue weighted by atomic mass is 35.5. The number of aryl methyl sites for hydroxylation is 1. The summed E-state index contributed by atoms with van der Waals surface area (Å²) in [4.78, 5) is 27.1. The summed E-state index contributed by atoms with van der Waals surface area (Å²) in [6.45, 7) is 5.77. The van der Waals surface area contributed by atoms with Gasteiger partial charge in [0.15, 0.2) is 0 Å². The molecule has 0 aliphatic carbocycles. The summed E-state index contributed by atoms with van der Waals surface area (Å²) >= 11 is 12.3. The summed E-state index contributed by atoms with van der Waals surface area (Å²) in [5, 5.41) is 3.88. The van der Waals surface area contributed by atoms with E-state index in [2.05, 4.69) is 5.32 Å². The molecule has 1 atom stereocenters. The first-order chi connectivity index (χ1) is 13.3. The van der Waals surface area contributed by atoms with E-state index in [1.807, 2.05) is 44.2 Å². The fourth-order valence-electron chi connectivity index (χ4n) is 2.86. The van der Waals surface area contributed by atoms with Crippen LogP contribution in [0.25, 0.3) is 0 Å². The molecule has 0 aliphatic rings. The van der Waals surface area contributed by atoms with Crippen molar-refractivity contribution >= 4 is 35.0 Å². The van der Waals surface area contributed by atoms with E-state index in [0.29, 0.717) is 22.9 Å². The van der Waals surface area contributed by atoms with Crippen LogP contribution in [0.4, 0.5) is 0 Å². The van der Waals surface area contributed by atoms with E-state index < -0.39 is 6.04 Å². The Hall–Kier alpha value is -2.04. The maximum atomic E-state index is 13.0. The minimum absolute atomic E-state index is 0.00431. The van der Waals surface area contributed by atoms with Crippen molar-refractivity contribution in [1.29, 1.82) is 0 Å². The Morgan fingerprint density at radius 2 is 1.71 bits per heavy atom. The van der Waals surface area contributed by atoms with Gasteiger partial charge < -0.3 is 10.2 Å². The number of amides is 2. The molecule has 0 saturated heterocycles. The molecule has 2 amide bonds. The van der Waals surface area contributed by atoms with Crippen molar-refractivity contribution in [3.05, 3.63) is 69.7 Å². The Kier molecular flexibility index (Phi) is 8.34. The Bertz CT molecular complexity index is 809. The molecule has 0 heterocycles. The zero-order chi connectivity index (χ0) is 20.7. The zero-order valence-electron chi connectivity index (χ0n) is 16.4. The first kappa shape index (κ1) is 22.3. The molecule has 2 rings (SSSR count). The zero-order valence-corrected chi connectivity index (χ0v) is 17.9. The molecule has 150 valence electrons. The number of nitrogens with one attached hydrogen (secondary N) is 1. The molecule has 4 nitrogen and oxygen atoms in total. The SMILES string of the molecule is CC(C)NC(=O)C(C)N(Cc1ccc(Cl)cc1Cl)C(=O)CCc1ccccc1. The normalized spacial score (nSPS) is 11.9. The second-order valence-corrected chi connectivity index (χ2v) is 7.93. The Morgan fingerprint density at radius 3 is 2.32 bits per heavy atom. The molecule has 2 aromatic carbocycles. The van der Waals surface area contributed by atoms with Gasteiger partial charge in [0.25, 0.3) is 0 Å². The molecule has 0 aliphatic heterocycles. The molecule has 0 saturated carbocycles. The fourth-order valence-corrected chi connectivity index (χ4v) is 3.33. The van der Waals surface area contributed by atoms with Crippen molar-refractivity contribution in [2.75, 3.05) is 0 Å². The standard InChI is InChI=1S/C22H26Cl2N2O2/c1-15(2)25-22(28)16(3)26(14-18-10-11-19(23)13-20(18)24)21(27)12-9-17-7-5-4-6-8-17/h4-8,10-11,13,15-16H,9,12,14H2,1-3H3,(H,25,28). The predicted octanol–water partition coefficient (Wildman–Crippen LogP) is 4.87. The third-order valence-corrected chi connectivity index (χ3v) is 5.01. The lowest BCUT2D eigenvalue weighted by atomic mass is 10.1. The second-order valence-electron chi connectivity index (χ2n) is 7.08. The van der Waals surface area contributed by atoms with Gasteiger partial charge in [-0.2, -0.15) is 0 Å². The van der Waals surface area contributed by atoms with Gasteiger partial charge in [-0.05, 0) is 50.5 Å². The van der Waals surface area contributed by atoms with Gasteiger partial charge in [-0.15, -0.1) is 0 Å². The lowest BCUT2D eigenvalue weighted by Gasteiger charge is -2.29. The number of halogens is 2. The molecular weight excluding hydrogens is 395 g/mol. The monoisotopic (exact) mass is 420 g/mol. The number of carbonyl (C=O) groups excluding carboxylic acids is 2. The first-order valence-corrected chi connectivity index (χ1v) is 10.1. The van der Waals surface area contributed by atoms with Crippen LogP contribution in [0.5, 0.6) is 0 Å². The van der Waals surface area contributed by atoms with E-state index in [-0.39, 0.29) is 24.4 Å². The van der Waals surface area contributed by atoms with Gasteiger partial charge in [-0.1, -0.05) is 59.6 Å². The molecular formula is C22H26Cl2N2O2. The van der Waals surface area contributed by atoms with Gasteiger partial charge in [0.1, 0.15) is 6.04 Å². The summed E-state index contributed by atoms with van der Waals surface area (Å²) in [7, 11) is 0. The molecule has 1 unspecified atom stereocenters. The molecule has 0 spiro atoms. The smallest absolute Gasteiger partial charge is 0.242 e. The topological polar surface area (TPSA) is 49.4 Å². The lowest BCUT2D eigenvalue weighted by Crippen LogP contribution is -2.49. The third-order valence-electron chi connectivity index (χ3n) is 4.42. The van der Waals surface area contributed by atoms with Gasteiger partial charge in [0, 0.05) is 29.1 Å². The van der Waals surface area contributed by atoms with Crippen LogP contribution >= 0.6 is 23.2 Å². The van der Waals surface area contributed by atoms with Crippen LogP contribution in [0.3, 0.4) is 0 Å². The summed E-state index contributed by atoms with van der Waals surface area (Å²) in [6, 6.07) is 14.4. The number of carbonyl (C=O) groups is 2. The fraction of sp³-hybridized carbons (Fsp3) is 0.364. The van der Waals surface area contributed by atoms with Crippen LogP contribution in [-0.2, 0) is 22.6 Å². The molecule has 0 aromatic heterocycles. The summed E-state index contributed by atoms with van der Waals surface area (Å²) in [6.07, 6.45) is 0.928. The number of rotatable bonds is 8. The first-order valence-electron chi connectivity index (χ1n) is 9.35. The van der Waals surface area contributed by atoms with Crippen LogP contribution < -0.4 is 5.32 Å². The molecule has 0 radical (unpaired) electrons. The van der Waals surface area contributed by atoms with E-state index in [1.165, 1.54) is 0 Å². The Morgan fingerprint density at radius 1 is 1.04 bits per heavy atom. The number of hydrogen-bond acceptors (Lipinski definition) is 2. The van der Waals surface area contributed by atoms with Crippen molar-refractivity contribution in [3.8, 4) is 0 Å². The lowest BCUT2D eigenvalue weighted by molar-refractivity contribution is -0.140. The highest BCUT2D eigenvalue weighted by molar-refractivity contribution is 6.35. The average molecular weight is 421 g/mol. The second kappa shape index (κ2) is 10.5. The van der Waals surface area contributed by atoms with Crippen molar-refractivity contribution < 1.29 is 9.59 Å². The van der Waals surface area contributed by atoms with Crippen LogP contribution in [-0.4, -0.2) is 28.8 Å². The number of nitrogens with zero attached hydrogens (tertiary/aromatic N) is 1.